The number of hydrazone groups is 1. The summed E-state index contributed by atoms with van der Waals surface area (Å²) in [5.41, 5.74) is 6.91. The Kier molecular flexibility index (Phi) is 5.69. The molecule has 0 aliphatic carbocycles. The fourth-order valence-corrected chi connectivity index (χ4v) is 4.72. The molecule has 0 radical (unpaired) electrons. The van der Waals surface area contributed by atoms with Crippen LogP contribution in [-0.2, 0) is 4.79 Å². The predicted molar refractivity (Wildman–Crippen MR) is 134 cm³/mol. The number of nitrogens with zero attached hydrogens (tertiary/aromatic N) is 3. The number of aryl methyl sites for hydroxylation is 1. The second-order valence-corrected chi connectivity index (χ2v) is 8.68. The third kappa shape index (κ3) is 3.91. The molecule has 0 saturated carbocycles. The maximum absolute atomic E-state index is 12.9. The van der Waals surface area contributed by atoms with Gasteiger partial charge in [0.1, 0.15) is 0 Å². The van der Waals surface area contributed by atoms with E-state index in [0.29, 0.717) is 17.9 Å². The van der Waals surface area contributed by atoms with E-state index in [1.165, 1.54) is 0 Å². The Bertz CT molecular complexity index is 1360. The van der Waals surface area contributed by atoms with Crippen LogP contribution in [0, 0.1) is 6.92 Å². The van der Waals surface area contributed by atoms with Crippen molar-refractivity contribution in [1.82, 2.24) is 9.99 Å². The first-order valence-electron chi connectivity index (χ1n) is 11.2. The maximum Gasteiger partial charge on any atom is 0.242 e. The summed E-state index contributed by atoms with van der Waals surface area (Å²) in [7, 11) is 0. The lowest BCUT2D eigenvalue weighted by Gasteiger charge is -2.21. The van der Waals surface area contributed by atoms with E-state index in [1.54, 1.807) is 5.01 Å². The van der Waals surface area contributed by atoms with Gasteiger partial charge in [-0.2, -0.15) is 5.10 Å². The highest BCUT2D eigenvalue weighted by Gasteiger charge is 2.34. The summed E-state index contributed by atoms with van der Waals surface area (Å²) >= 11 is 6.19. The minimum Gasteiger partial charge on any atom is -0.273 e. The molecule has 1 atom stereocenters. The average Bonchev–Trinajstić information content (AvgIpc) is 3.29. The largest absolute Gasteiger partial charge is 0.273 e. The van der Waals surface area contributed by atoms with Crippen LogP contribution in [-0.4, -0.2) is 21.6 Å². The van der Waals surface area contributed by atoms with E-state index in [1.807, 2.05) is 74.5 Å². The van der Waals surface area contributed by atoms with Crippen molar-refractivity contribution in [1.29, 1.82) is 0 Å². The minimum atomic E-state index is -0.127. The second kappa shape index (κ2) is 8.80. The fraction of sp³-hybridized carbons (Fsp3) is 0.179. The van der Waals surface area contributed by atoms with Crippen molar-refractivity contribution < 1.29 is 4.79 Å². The molecule has 5 rings (SSSR count). The van der Waals surface area contributed by atoms with Crippen LogP contribution in [0.3, 0.4) is 0 Å². The zero-order valence-corrected chi connectivity index (χ0v) is 19.4. The van der Waals surface area contributed by atoms with Crippen LogP contribution >= 0.6 is 11.6 Å². The summed E-state index contributed by atoms with van der Waals surface area (Å²) in [4.78, 5) is 17.8. The van der Waals surface area contributed by atoms with Crippen molar-refractivity contribution in [2.75, 3.05) is 0 Å². The number of aromatic nitrogens is 1. The van der Waals surface area contributed by atoms with Crippen LogP contribution in [0.1, 0.15) is 42.6 Å². The van der Waals surface area contributed by atoms with Crippen LogP contribution in [0.2, 0.25) is 5.02 Å². The van der Waals surface area contributed by atoms with Gasteiger partial charge in [0.05, 0.1) is 17.3 Å². The van der Waals surface area contributed by atoms with Gasteiger partial charge in [0.2, 0.25) is 5.91 Å². The van der Waals surface area contributed by atoms with Gasteiger partial charge in [-0.3, -0.25) is 9.78 Å². The van der Waals surface area contributed by atoms with Crippen molar-refractivity contribution in [3.63, 3.8) is 0 Å². The molecule has 5 heteroatoms. The van der Waals surface area contributed by atoms with E-state index in [0.717, 1.165) is 44.6 Å². The molecule has 1 aliphatic heterocycles. The predicted octanol–water partition coefficient (Wildman–Crippen LogP) is 6.95. The Labute approximate surface area is 198 Å². The molecule has 164 valence electrons. The quantitative estimate of drug-likeness (QED) is 0.335. The number of hydrogen-bond donors (Lipinski definition) is 0. The lowest BCUT2D eigenvalue weighted by molar-refractivity contribution is -0.132. The van der Waals surface area contributed by atoms with Gasteiger partial charge in [0, 0.05) is 40.1 Å². The third-order valence-corrected chi connectivity index (χ3v) is 6.40. The van der Waals surface area contributed by atoms with Crippen molar-refractivity contribution in [2.24, 2.45) is 5.10 Å². The first-order valence-corrected chi connectivity index (χ1v) is 11.5. The number of carbonyl (C=O) groups excluding carboxylic acids is 1. The van der Waals surface area contributed by atoms with Gasteiger partial charge in [0.25, 0.3) is 0 Å². The zero-order valence-electron chi connectivity index (χ0n) is 18.6. The Morgan fingerprint density at radius 3 is 2.39 bits per heavy atom. The number of pyridine rings is 1. The lowest BCUT2D eigenvalue weighted by atomic mass is 9.89. The summed E-state index contributed by atoms with van der Waals surface area (Å²) in [6.45, 7) is 3.89. The monoisotopic (exact) mass is 453 g/mol. The number of fused-ring (bicyclic) bond motifs is 1. The molecule has 4 aromatic rings. The molecule has 0 unspecified atom stereocenters. The SMILES string of the molecule is CCC(=O)N1N=C(c2c(C)nc3ccccc3c2-c2ccc(Cl)cc2)C[C@H]1c1ccccc1. The van der Waals surface area contributed by atoms with Crippen LogP contribution in [0.4, 0.5) is 0 Å². The Hall–Kier alpha value is -3.50. The standard InChI is InChI=1S/C28H24ClN3O/c1-3-26(33)32-25(19-9-5-4-6-10-19)17-24(31-32)27-18(2)30-23-12-8-7-11-22(23)28(27)20-13-15-21(29)16-14-20/h4-16,25H,3,17H2,1-2H3/t25-/m0/s1. The summed E-state index contributed by atoms with van der Waals surface area (Å²) in [5, 5.41) is 8.30. The molecule has 33 heavy (non-hydrogen) atoms. The third-order valence-electron chi connectivity index (χ3n) is 6.15. The number of benzene rings is 3. The lowest BCUT2D eigenvalue weighted by Crippen LogP contribution is -2.26. The molecular weight excluding hydrogens is 430 g/mol. The molecule has 1 aliphatic rings. The Balaban J connectivity index is 1.73. The van der Waals surface area contributed by atoms with E-state index >= 15 is 0 Å². The van der Waals surface area contributed by atoms with E-state index in [2.05, 4.69) is 18.2 Å². The van der Waals surface area contributed by atoms with Crippen LogP contribution < -0.4 is 0 Å². The van der Waals surface area contributed by atoms with E-state index in [4.69, 9.17) is 21.7 Å². The maximum atomic E-state index is 12.9. The molecule has 0 spiro atoms. The molecule has 0 bridgehead atoms. The van der Waals surface area contributed by atoms with Crippen LogP contribution in [0.15, 0.2) is 84.0 Å². The highest BCUT2D eigenvalue weighted by Crippen LogP contribution is 2.39. The van der Waals surface area contributed by atoms with Crippen molar-refractivity contribution in [3.05, 3.63) is 101 Å². The van der Waals surface area contributed by atoms with Gasteiger partial charge in [-0.15, -0.1) is 0 Å². The molecule has 1 aromatic heterocycles. The Morgan fingerprint density at radius 2 is 1.67 bits per heavy atom. The first kappa shape index (κ1) is 21.4. The van der Waals surface area contributed by atoms with Crippen molar-refractivity contribution in [3.8, 4) is 11.1 Å². The number of hydrogen-bond acceptors (Lipinski definition) is 3. The van der Waals surface area contributed by atoms with E-state index in [-0.39, 0.29) is 11.9 Å². The second-order valence-electron chi connectivity index (χ2n) is 8.24. The van der Waals surface area contributed by atoms with Crippen LogP contribution in [0.5, 0.6) is 0 Å². The van der Waals surface area contributed by atoms with Gasteiger partial charge in [-0.05, 0) is 36.2 Å². The first-order chi connectivity index (χ1) is 16.1. The molecule has 3 aromatic carbocycles. The highest BCUT2D eigenvalue weighted by molar-refractivity contribution is 6.30. The van der Waals surface area contributed by atoms with Crippen molar-refractivity contribution in [2.45, 2.75) is 32.7 Å². The number of halogens is 1. The molecular formula is C28H24ClN3O. The molecule has 2 heterocycles. The summed E-state index contributed by atoms with van der Waals surface area (Å²) in [5.74, 6) is 0.0123. The van der Waals surface area contributed by atoms with Crippen LogP contribution in [0.25, 0.3) is 22.0 Å². The summed E-state index contributed by atoms with van der Waals surface area (Å²) < 4.78 is 0. The van der Waals surface area contributed by atoms with Gasteiger partial charge in [0.15, 0.2) is 0 Å². The zero-order chi connectivity index (χ0) is 22.9. The topological polar surface area (TPSA) is 45.6 Å². The summed E-state index contributed by atoms with van der Waals surface area (Å²) in [6.07, 6.45) is 1.04. The minimum absolute atomic E-state index is 0.0123. The Morgan fingerprint density at radius 1 is 0.970 bits per heavy atom. The number of para-hydroxylation sites is 1. The smallest absolute Gasteiger partial charge is 0.242 e. The fourth-order valence-electron chi connectivity index (χ4n) is 4.59. The average molecular weight is 454 g/mol. The van der Waals surface area contributed by atoms with E-state index in [9.17, 15) is 4.79 Å². The summed E-state index contributed by atoms with van der Waals surface area (Å²) in [6, 6.07) is 26.0. The molecule has 4 nitrogen and oxygen atoms in total. The molecule has 1 amide bonds. The van der Waals surface area contributed by atoms with Gasteiger partial charge >= 0.3 is 0 Å². The molecule has 0 saturated heterocycles. The van der Waals surface area contributed by atoms with Gasteiger partial charge in [-0.1, -0.05) is 79.2 Å². The number of amides is 1. The van der Waals surface area contributed by atoms with Crippen molar-refractivity contribution >= 4 is 34.1 Å². The highest BCUT2D eigenvalue weighted by atomic mass is 35.5. The molecule has 0 fully saturated rings. The van der Waals surface area contributed by atoms with Gasteiger partial charge < -0.3 is 0 Å². The van der Waals surface area contributed by atoms with E-state index < -0.39 is 0 Å². The molecule has 0 N–H and O–H groups in total. The van der Waals surface area contributed by atoms with Gasteiger partial charge in [-0.25, -0.2) is 5.01 Å². The number of rotatable bonds is 4. The normalized spacial score (nSPS) is 15.7. The number of carbonyl (C=O) groups is 1.